The number of carbonyl (C=O) groups excluding carboxylic acids is 2. The molecule has 0 atom stereocenters. The van der Waals surface area contributed by atoms with Gasteiger partial charge >= 0.3 is 6.18 Å². The normalized spacial score (nSPS) is 16.4. The minimum atomic E-state index is -4.89. The van der Waals surface area contributed by atoms with Gasteiger partial charge in [-0.05, 0) is 41.1 Å². The van der Waals surface area contributed by atoms with Crippen LogP contribution in [0.3, 0.4) is 0 Å². The Balaban J connectivity index is 1.91. The lowest BCUT2D eigenvalue weighted by Crippen LogP contribution is -2.27. The summed E-state index contributed by atoms with van der Waals surface area (Å²) in [7, 11) is 0. The maximum absolute atomic E-state index is 12.9. The molecule has 140 valence electrons. The van der Waals surface area contributed by atoms with Crippen molar-refractivity contribution >= 4 is 29.0 Å². The van der Waals surface area contributed by atoms with Crippen LogP contribution in [0.15, 0.2) is 47.4 Å². The third kappa shape index (κ3) is 3.92. The average Bonchev–Trinajstić information content (AvgIpc) is 2.85. The van der Waals surface area contributed by atoms with Gasteiger partial charge in [0.25, 0.3) is 11.1 Å². The van der Waals surface area contributed by atoms with Gasteiger partial charge in [-0.15, -0.1) is 0 Å². The first kappa shape index (κ1) is 18.8. The molecule has 2 aromatic rings. The Labute approximate surface area is 155 Å². The van der Waals surface area contributed by atoms with E-state index in [1.807, 2.05) is 0 Å². The van der Waals surface area contributed by atoms with E-state index >= 15 is 0 Å². The Morgan fingerprint density at radius 2 is 1.74 bits per heavy atom. The van der Waals surface area contributed by atoms with Crippen molar-refractivity contribution in [2.75, 3.05) is 0 Å². The maximum atomic E-state index is 12.9. The smallest absolute Gasteiger partial charge is 0.420 e. The third-order valence-electron chi connectivity index (χ3n) is 3.77. The van der Waals surface area contributed by atoms with Crippen LogP contribution >= 0.6 is 11.8 Å². The molecule has 0 bridgehead atoms. The molecule has 27 heavy (non-hydrogen) atoms. The van der Waals surface area contributed by atoms with E-state index in [1.54, 1.807) is 30.3 Å². The molecule has 1 aliphatic rings. The van der Waals surface area contributed by atoms with E-state index in [0.717, 1.165) is 22.6 Å². The Bertz CT molecular complexity index is 942. The largest absolute Gasteiger partial charge is 0.504 e. The highest BCUT2D eigenvalue weighted by atomic mass is 32.2. The minimum absolute atomic E-state index is 0.0392. The Hall–Kier alpha value is -2.94. The molecule has 1 saturated heterocycles. The first-order chi connectivity index (χ1) is 12.7. The number of benzene rings is 2. The summed E-state index contributed by atoms with van der Waals surface area (Å²) in [5.41, 5.74) is -0.872. The van der Waals surface area contributed by atoms with E-state index in [0.29, 0.717) is 17.8 Å². The molecule has 0 spiro atoms. The second-order valence-corrected chi connectivity index (χ2v) is 6.68. The molecule has 0 radical (unpaired) electrons. The number of phenols is 2. The fraction of sp³-hybridized carbons (Fsp3) is 0.111. The first-order valence-electron chi connectivity index (χ1n) is 7.59. The lowest BCUT2D eigenvalue weighted by atomic mass is 10.1. The van der Waals surface area contributed by atoms with Crippen LogP contribution in [0.4, 0.5) is 18.0 Å². The molecular formula is C18H12F3NO4S. The van der Waals surface area contributed by atoms with Gasteiger partial charge in [0.15, 0.2) is 11.5 Å². The molecule has 3 rings (SSSR count). The number of aromatic hydroxyl groups is 2. The fourth-order valence-electron chi connectivity index (χ4n) is 2.49. The average molecular weight is 395 g/mol. The van der Waals surface area contributed by atoms with E-state index in [9.17, 15) is 33.0 Å². The number of nitrogens with zero attached hydrogens (tertiary/aromatic N) is 1. The zero-order valence-corrected chi connectivity index (χ0v) is 14.3. The second-order valence-electron chi connectivity index (χ2n) is 5.69. The van der Waals surface area contributed by atoms with Crippen molar-refractivity contribution in [2.24, 2.45) is 0 Å². The second kappa shape index (κ2) is 6.99. The van der Waals surface area contributed by atoms with Crippen molar-refractivity contribution in [3.63, 3.8) is 0 Å². The molecule has 1 heterocycles. The van der Waals surface area contributed by atoms with Crippen LogP contribution < -0.4 is 0 Å². The molecule has 0 aromatic heterocycles. The summed E-state index contributed by atoms with van der Waals surface area (Å²) in [5.74, 6) is -2.91. The number of hydrogen-bond acceptors (Lipinski definition) is 5. The summed E-state index contributed by atoms with van der Waals surface area (Å²) in [6.07, 6.45) is -3.82. The van der Waals surface area contributed by atoms with Crippen LogP contribution in [-0.4, -0.2) is 26.3 Å². The Morgan fingerprint density at radius 3 is 2.37 bits per heavy atom. The minimum Gasteiger partial charge on any atom is -0.504 e. The number of rotatable bonds is 3. The van der Waals surface area contributed by atoms with Gasteiger partial charge in [0.1, 0.15) is 5.56 Å². The lowest BCUT2D eigenvalue weighted by molar-refractivity contribution is -0.139. The molecule has 0 saturated carbocycles. The van der Waals surface area contributed by atoms with Gasteiger partial charge in [-0.2, -0.15) is 13.2 Å². The van der Waals surface area contributed by atoms with Crippen molar-refractivity contribution in [1.82, 2.24) is 4.90 Å². The van der Waals surface area contributed by atoms with Gasteiger partial charge in [-0.3, -0.25) is 14.5 Å². The monoisotopic (exact) mass is 395 g/mol. The van der Waals surface area contributed by atoms with Crippen molar-refractivity contribution in [1.29, 1.82) is 0 Å². The van der Waals surface area contributed by atoms with Crippen molar-refractivity contribution < 1.29 is 33.0 Å². The van der Waals surface area contributed by atoms with Crippen molar-refractivity contribution in [3.8, 4) is 11.5 Å². The SMILES string of the molecule is O=C1SC(=Cc2cc(O)c(O)c(C(F)(F)F)c2)C(=O)N1Cc1ccccc1. The van der Waals surface area contributed by atoms with Crippen LogP contribution in [0.1, 0.15) is 16.7 Å². The highest BCUT2D eigenvalue weighted by Crippen LogP contribution is 2.42. The molecule has 2 amide bonds. The molecule has 1 aliphatic heterocycles. The van der Waals surface area contributed by atoms with Gasteiger partial charge < -0.3 is 10.2 Å². The van der Waals surface area contributed by atoms with Gasteiger partial charge in [0.05, 0.1) is 11.4 Å². The summed E-state index contributed by atoms with van der Waals surface area (Å²) >= 11 is 0.592. The Kier molecular flexibility index (Phi) is 4.88. The zero-order chi connectivity index (χ0) is 19.8. The molecule has 5 nitrogen and oxygen atoms in total. The number of alkyl halides is 3. The van der Waals surface area contributed by atoms with E-state index in [1.165, 1.54) is 0 Å². The predicted octanol–water partition coefficient (Wildman–Crippen LogP) is 4.35. The summed E-state index contributed by atoms with van der Waals surface area (Å²) in [4.78, 5) is 25.4. The summed E-state index contributed by atoms with van der Waals surface area (Å²) in [5, 5.41) is 18.4. The topological polar surface area (TPSA) is 77.8 Å². The summed E-state index contributed by atoms with van der Waals surface area (Å²) < 4.78 is 38.8. The van der Waals surface area contributed by atoms with E-state index in [-0.39, 0.29) is 17.0 Å². The van der Waals surface area contributed by atoms with E-state index < -0.39 is 34.4 Å². The maximum Gasteiger partial charge on any atom is 0.420 e. The number of hydrogen-bond donors (Lipinski definition) is 2. The van der Waals surface area contributed by atoms with E-state index in [2.05, 4.69) is 0 Å². The van der Waals surface area contributed by atoms with Crippen LogP contribution in [0.5, 0.6) is 11.5 Å². The molecule has 0 aliphatic carbocycles. The first-order valence-corrected chi connectivity index (χ1v) is 8.41. The quantitative estimate of drug-likeness (QED) is 0.597. The standard InChI is InChI=1S/C18H12F3NO4S/c19-18(20,21)12-6-11(7-13(23)15(12)24)8-14-16(25)22(17(26)27-14)9-10-4-2-1-3-5-10/h1-8,23-24H,9H2. The van der Waals surface area contributed by atoms with Crippen LogP contribution in [0, 0.1) is 0 Å². The van der Waals surface area contributed by atoms with Gasteiger partial charge in [0, 0.05) is 0 Å². The highest BCUT2D eigenvalue weighted by molar-refractivity contribution is 8.18. The molecule has 0 unspecified atom stereocenters. The number of imide groups is 1. The van der Waals surface area contributed by atoms with Crippen LogP contribution in [-0.2, 0) is 17.5 Å². The third-order valence-corrected chi connectivity index (χ3v) is 4.68. The number of phenolic OH excluding ortho intramolecular Hbond substituents is 2. The van der Waals surface area contributed by atoms with Gasteiger partial charge in [-0.1, -0.05) is 30.3 Å². The van der Waals surface area contributed by atoms with E-state index in [4.69, 9.17) is 0 Å². The summed E-state index contributed by atoms with van der Waals surface area (Å²) in [6, 6.07) is 10.2. The molecule has 1 fully saturated rings. The van der Waals surface area contributed by atoms with Crippen molar-refractivity contribution in [2.45, 2.75) is 12.7 Å². The molecule has 2 N–H and O–H groups in total. The molecular weight excluding hydrogens is 383 g/mol. The van der Waals surface area contributed by atoms with Crippen LogP contribution in [0.25, 0.3) is 6.08 Å². The molecule has 9 heteroatoms. The number of halogens is 3. The highest BCUT2D eigenvalue weighted by Gasteiger charge is 2.37. The number of amides is 2. The number of thioether (sulfide) groups is 1. The van der Waals surface area contributed by atoms with Gasteiger partial charge in [-0.25, -0.2) is 0 Å². The lowest BCUT2D eigenvalue weighted by Gasteiger charge is -2.12. The summed E-state index contributed by atoms with van der Waals surface area (Å²) in [6.45, 7) is 0.0392. The molecule has 2 aromatic carbocycles. The van der Waals surface area contributed by atoms with Gasteiger partial charge in [0.2, 0.25) is 0 Å². The Morgan fingerprint density at radius 1 is 1.07 bits per heavy atom. The van der Waals surface area contributed by atoms with Crippen molar-refractivity contribution in [3.05, 3.63) is 64.1 Å². The fourth-order valence-corrected chi connectivity index (χ4v) is 3.33. The van der Waals surface area contributed by atoms with Crippen LogP contribution in [0.2, 0.25) is 0 Å². The zero-order valence-electron chi connectivity index (χ0n) is 13.5. The predicted molar refractivity (Wildman–Crippen MR) is 92.7 cm³/mol. The number of carbonyl (C=O) groups is 2.